The quantitative estimate of drug-likeness (QED) is 0.563. The number of hydrogen-bond acceptors (Lipinski definition) is 1. The van der Waals surface area contributed by atoms with Crippen LogP contribution in [0.4, 0.5) is 0 Å². The molecule has 1 N–H and O–H groups in total. The molecular formula is C8H12O. The van der Waals surface area contributed by atoms with E-state index in [4.69, 9.17) is 5.11 Å². The summed E-state index contributed by atoms with van der Waals surface area (Å²) in [6, 6.07) is 0. The fourth-order valence-electron chi connectivity index (χ4n) is 0.366. The summed E-state index contributed by atoms with van der Waals surface area (Å²) >= 11 is 0. The molecule has 0 rings (SSSR count). The minimum atomic E-state index is -0.588. The molecule has 0 aromatic heterocycles. The van der Waals surface area contributed by atoms with Crippen molar-refractivity contribution in [3.8, 4) is 0 Å². The third-order valence-corrected chi connectivity index (χ3v) is 0.898. The molecule has 0 bridgehead atoms. The third kappa shape index (κ3) is 4.22. The molecular weight excluding hydrogens is 112 g/mol. The van der Waals surface area contributed by atoms with Crippen molar-refractivity contribution in [3.63, 3.8) is 0 Å². The second-order valence-electron chi connectivity index (χ2n) is 2.12. The normalized spacial score (nSPS) is 13.9. The number of hydrogen-bond donors (Lipinski definition) is 1. The minimum Gasteiger partial charge on any atom is -0.388 e. The standard InChI is InChI=1S/C8H12O/c1-6(2)5-8(9)7(3)4/h5,8-9H,1-3H2,4H3/t8-/m1/s1. The zero-order chi connectivity index (χ0) is 7.44. The summed E-state index contributed by atoms with van der Waals surface area (Å²) in [6.07, 6.45) is 0.970. The number of aliphatic hydroxyl groups is 1. The van der Waals surface area contributed by atoms with Crippen molar-refractivity contribution in [1.29, 1.82) is 0 Å². The Bertz CT molecular complexity index is 94.7. The van der Waals surface area contributed by atoms with Crippen LogP contribution in [-0.2, 0) is 0 Å². The van der Waals surface area contributed by atoms with Crippen molar-refractivity contribution in [3.05, 3.63) is 38.3 Å². The Hall–Kier alpha value is -0.300. The van der Waals surface area contributed by atoms with Crippen LogP contribution in [0.5, 0.6) is 0 Å². The van der Waals surface area contributed by atoms with Gasteiger partial charge in [0.1, 0.15) is 0 Å². The summed E-state index contributed by atoms with van der Waals surface area (Å²) in [5.74, 6) is 0.616. The highest BCUT2D eigenvalue weighted by atomic mass is 16.3. The Kier molecular flexibility index (Phi) is 3.55. The highest BCUT2D eigenvalue weighted by molar-refractivity contribution is 5.18. The first-order valence-corrected chi connectivity index (χ1v) is 2.73. The molecule has 0 aliphatic rings. The Morgan fingerprint density at radius 1 is 1.56 bits per heavy atom. The van der Waals surface area contributed by atoms with Gasteiger partial charge in [0.15, 0.2) is 0 Å². The average molecular weight is 124 g/mol. The van der Waals surface area contributed by atoms with Crippen LogP contribution in [0.1, 0.15) is 6.92 Å². The maximum absolute atomic E-state index is 9.04. The molecule has 0 spiro atoms. The van der Waals surface area contributed by atoms with Crippen molar-refractivity contribution in [1.82, 2.24) is 0 Å². The zero-order valence-electron chi connectivity index (χ0n) is 5.72. The van der Waals surface area contributed by atoms with Gasteiger partial charge in [0.05, 0.1) is 6.10 Å². The molecule has 1 atom stereocenters. The summed E-state index contributed by atoms with van der Waals surface area (Å²) in [5, 5.41) is 9.04. The van der Waals surface area contributed by atoms with Gasteiger partial charge in [-0.25, -0.2) is 0 Å². The largest absolute Gasteiger partial charge is 0.388 e. The van der Waals surface area contributed by atoms with E-state index in [1.165, 1.54) is 0 Å². The van der Waals surface area contributed by atoms with Crippen LogP contribution in [0.2, 0.25) is 0 Å². The van der Waals surface area contributed by atoms with Crippen molar-refractivity contribution in [2.75, 3.05) is 0 Å². The predicted octanol–water partition coefficient (Wildman–Crippen LogP) is 1.37. The molecule has 0 aromatic rings. The lowest BCUT2D eigenvalue weighted by atomic mass is 10.0. The number of aliphatic hydroxyl groups excluding tert-OH is 1. The molecule has 0 saturated heterocycles. The fraction of sp³-hybridized carbons (Fsp3) is 0.250. The van der Waals surface area contributed by atoms with Crippen LogP contribution in [0.3, 0.4) is 0 Å². The van der Waals surface area contributed by atoms with E-state index in [2.05, 4.69) is 20.4 Å². The Morgan fingerprint density at radius 2 is 2.00 bits per heavy atom. The summed E-state index contributed by atoms with van der Waals surface area (Å²) in [5.41, 5.74) is 0.708. The van der Waals surface area contributed by atoms with E-state index in [0.717, 1.165) is 0 Å². The van der Waals surface area contributed by atoms with E-state index in [9.17, 15) is 0 Å². The lowest BCUT2D eigenvalue weighted by molar-refractivity contribution is 0.244. The molecule has 50 valence electrons. The molecule has 0 saturated carbocycles. The van der Waals surface area contributed by atoms with E-state index in [1.807, 2.05) is 0 Å². The van der Waals surface area contributed by atoms with Crippen LogP contribution in [0.25, 0.3) is 0 Å². The highest BCUT2D eigenvalue weighted by Crippen LogP contribution is 2.09. The second-order valence-corrected chi connectivity index (χ2v) is 2.12. The van der Waals surface area contributed by atoms with Gasteiger partial charge in [-0.2, -0.15) is 0 Å². The first-order chi connectivity index (χ1) is 4.04. The van der Waals surface area contributed by atoms with E-state index in [0.29, 0.717) is 11.5 Å². The average Bonchev–Trinajstić information content (AvgIpc) is 1.63. The van der Waals surface area contributed by atoms with Gasteiger partial charge in [0, 0.05) is 6.42 Å². The smallest absolute Gasteiger partial charge is 0.0782 e. The summed E-state index contributed by atoms with van der Waals surface area (Å²) < 4.78 is 0. The van der Waals surface area contributed by atoms with E-state index in [-0.39, 0.29) is 0 Å². The van der Waals surface area contributed by atoms with Gasteiger partial charge in [-0.05, 0) is 26.7 Å². The summed E-state index contributed by atoms with van der Waals surface area (Å²) in [4.78, 5) is 0. The van der Waals surface area contributed by atoms with Crippen LogP contribution in [0.15, 0.2) is 12.2 Å². The molecule has 9 heavy (non-hydrogen) atoms. The summed E-state index contributed by atoms with van der Waals surface area (Å²) in [6.45, 7) is 12.3. The first kappa shape index (κ1) is 8.70. The van der Waals surface area contributed by atoms with Crippen molar-refractivity contribution < 1.29 is 5.11 Å². The molecule has 0 aromatic carbocycles. The monoisotopic (exact) mass is 124 g/mol. The second kappa shape index (κ2) is 3.67. The highest BCUT2D eigenvalue weighted by Gasteiger charge is 2.06. The molecule has 0 heterocycles. The number of rotatable bonds is 3. The van der Waals surface area contributed by atoms with Gasteiger partial charge in [-0.1, -0.05) is 12.2 Å². The van der Waals surface area contributed by atoms with Crippen LogP contribution in [-0.4, -0.2) is 11.2 Å². The zero-order valence-corrected chi connectivity index (χ0v) is 5.72. The SMILES string of the molecule is [CH2][C]([CH2])[CH][C@@H](O)C(=C)C. The molecule has 4 radical (unpaired) electrons. The Morgan fingerprint density at radius 3 is 2.11 bits per heavy atom. The van der Waals surface area contributed by atoms with E-state index < -0.39 is 6.10 Å². The van der Waals surface area contributed by atoms with Crippen molar-refractivity contribution in [2.45, 2.75) is 13.0 Å². The van der Waals surface area contributed by atoms with E-state index in [1.54, 1.807) is 13.3 Å². The van der Waals surface area contributed by atoms with Crippen LogP contribution in [0, 0.1) is 26.2 Å². The topological polar surface area (TPSA) is 20.2 Å². The van der Waals surface area contributed by atoms with Gasteiger partial charge in [-0.3, -0.25) is 0 Å². The van der Waals surface area contributed by atoms with Gasteiger partial charge < -0.3 is 5.11 Å². The predicted molar refractivity (Wildman–Crippen MR) is 39.1 cm³/mol. The maximum Gasteiger partial charge on any atom is 0.0782 e. The van der Waals surface area contributed by atoms with Gasteiger partial charge in [0.2, 0.25) is 0 Å². The maximum atomic E-state index is 9.04. The van der Waals surface area contributed by atoms with Crippen LogP contribution >= 0.6 is 0 Å². The molecule has 1 heteroatoms. The third-order valence-electron chi connectivity index (χ3n) is 0.898. The molecule has 1 nitrogen and oxygen atoms in total. The Balaban J connectivity index is 3.50. The molecule has 0 aliphatic heterocycles. The van der Waals surface area contributed by atoms with Crippen molar-refractivity contribution >= 4 is 0 Å². The first-order valence-electron chi connectivity index (χ1n) is 2.73. The van der Waals surface area contributed by atoms with Gasteiger partial charge in [-0.15, -0.1) is 0 Å². The Labute approximate surface area is 57.4 Å². The van der Waals surface area contributed by atoms with E-state index >= 15 is 0 Å². The summed E-state index contributed by atoms with van der Waals surface area (Å²) in [7, 11) is 0. The molecule has 0 amide bonds. The fourth-order valence-corrected chi connectivity index (χ4v) is 0.366. The lowest BCUT2D eigenvalue weighted by Crippen LogP contribution is -2.10. The lowest BCUT2D eigenvalue weighted by Gasteiger charge is -2.10. The molecule has 0 aliphatic carbocycles. The van der Waals surface area contributed by atoms with Gasteiger partial charge >= 0.3 is 0 Å². The molecule has 0 fully saturated rings. The van der Waals surface area contributed by atoms with Gasteiger partial charge in [0.25, 0.3) is 0 Å². The van der Waals surface area contributed by atoms with Crippen LogP contribution < -0.4 is 0 Å². The minimum absolute atomic E-state index is 0.588. The molecule has 0 unspecified atom stereocenters. The van der Waals surface area contributed by atoms with Crippen molar-refractivity contribution in [2.24, 2.45) is 0 Å².